The highest BCUT2D eigenvalue weighted by atomic mass is 16.5. The standard InChI is InChI=1S/C36H49N3O3/c1-35(2,3)30-22-26(23-31(33(30)40)36(4,5)6)12-15-27-10-8-9-11-32(27)38-34(41)37-28-18-20-39(21-19-28)24-25-13-16-29(42-7)17-14-25/h8-11,13-14,16-17,22-23,28,40H,12,15,18-21,24H2,1-7H3,(H2,37,38,41). The number of urea groups is 1. The molecule has 3 aromatic carbocycles. The number of benzene rings is 3. The van der Waals surface area contributed by atoms with Gasteiger partial charge in [0.2, 0.25) is 0 Å². The first-order valence-electron chi connectivity index (χ1n) is 15.2. The normalized spacial score (nSPS) is 14.9. The molecular formula is C36H49N3O3. The molecule has 42 heavy (non-hydrogen) atoms. The number of likely N-dealkylation sites (tertiary alicyclic amines) is 1. The molecule has 6 heteroatoms. The maximum atomic E-state index is 13.0. The van der Waals surface area contributed by atoms with Crippen molar-refractivity contribution in [2.45, 2.75) is 90.6 Å². The second-order valence-electron chi connectivity index (χ2n) is 13.7. The van der Waals surface area contributed by atoms with Gasteiger partial charge in [-0.2, -0.15) is 0 Å². The molecule has 1 heterocycles. The molecule has 6 nitrogen and oxygen atoms in total. The number of carbonyl (C=O) groups is 1. The minimum absolute atomic E-state index is 0.147. The summed E-state index contributed by atoms with van der Waals surface area (Å²) >= 11 is 0. The number of rotatable bonds is 8. The Hall–Kier alpha value is -3.51. The van der Waals surface area contributed by atoms with Crippen molar-refractivity contribution in [3.63, 3.8) is 0 Å². The molecule has 0 aliphatic carbocycles. The van der Waals surface area contributed by atoms with Gasteiger partial charge in [-0.1, -0.05) is 84.0 Å². The van der Waals surface area contributed by atoms with Gasteiger partial charge in [-0.25, -0.2) is 4.79 Å². The monoisotopic (exact) mass is 571 g/mol. The number of nitrogens with one attached hydrogen (secondary N) is 2. The SMILES string of the molecule is COc1ccc(CN2CCC(NC(=O)Nc3ccccc3CCc3cc(C(C)(C)C)c(O)c(C(C)(C)C)c3)CC2)cc1. The number of methoxy groups -OCH3 is 1. The van der Waals surface area contributed by atoms with Gasteiger partial charge in [0.15, 0.2) is 0 Å². The number of piperidine rings is 1. The second kappa shape index (κ2) is 13.2. The summed E-state index contributed by atoms with van der Waals surface area (Å²) in [6.45, 7) is 15.7. The molecule has 0 aromatic heterocycles. The van der Waals surface area contributed by atoms with Crippen molar-refractivity contribution < 1.29 is 14.6 Å². The average molecular weight is 572 g/mol. The molecule has 0 unspecified atom stereocenters. The van der Waals surface area contributed by atoms with Gasteiger partial charge >= 0.3 is 6.03 Å². The van der Waals surface area contributed by atoms with E-state index in [9.17, 15) is 9.90 Å². The zero-order valence-corrected chi connectivity index (χ0v) is 26.5. The molecule has 3 N–H and O–H groups in total. The quantitative estimate of drug-likeness (QED) is 0.261. The van der Waals surface area contributed by atoms with Crippen LogP contribution >= 0.6 is 0 Å². The minimum Gasteiger partial charge on any atom is -0.507 e. The maximum absolute atomic E-state index is 13.0. The molecule has 0 spiro atoms. The molecule has 1 aliphatic rings. The maximum Gasteiger partial charge on any atom is 0.319 e. The summed E-state index contributed by atoms with van der Waals surface area (Å²) in [6, 6.07) is 20.6. The van der Waals surface area contributed by atoms with E-state index in [-0.39, 0.29) is 22.9 Å². The van der Waals surface area contributed by atoms with Crippen molar-refractivity contribution in [1.29, 1.82) is 0 Å². The average Bonchev–Trinajstić information content (AvgIpc) is 2.93. The minimum atomic E-state index is -0.163. The van der Waals surface area contributed by atoms with E-state index in [2.05, 4.69) is 87.4 Å². The van der Waals surface area contributed by atoms with Crippen molar-refractivity contribution in [1.82, 2.24) is 10.2 Å². The number of phenolic OH excluding ortho intramolecular Hbond substituents is 1. The fourth-order valence-corrected chi connectivity index (χ4v) is 5.69. The van der Waals surface area contributed by atoms with E-state index in [1.807, 2.05) is 30.3 Å². The number of anilines is 1. The number of nitrogens with zero attached hydrogens (tertiary/aromatic N) is 1. The highest BCUT2D eigenvalue weighted by Crippen LogP contribution is 2.40. The molecule has 3 aromatic rings. The first-order chi connectivity index (χ1) is 19.8. The molecule has 0 saturated carbocycles. The zero-order valence-electron chi connectivity index (χ0n) is 26.5. The lowest BCUT2D eigenvalue weighted by Crippen LogP contribution is -2.45. The van der Waals surface area contributed by atoms with E-state index >= 15 is 0 Å². The van der Waals surface area contributed by atoms with Crippen molar-refractivity contribution in [3.05, 3.63) is 88.5 Å². The summed E-state index contributed by atoms with van der Waals surface area (Å²) in [4.78, 5) is 15.4. The largest absolute Gasteiger partial charge is 0.507 e. The van der Waals surface area contributed by atoms with Crippen LogP contribution in [0.3, 0.4) is 0 Å². The molecule has 226 valence electrons. The Labute approximate surface area is 252 Å². The van der Waals surface area contributed by atoms with Gasteiger partial charge in [0.25, 0.3) is 0 Å². The number of para-hydroxylation sites is 1. The van der Waals surface area contributed by atoms with Crippen LogP contribution in [0, 0.1) is 0 Å². The van der Waals surface area contributed by atoms with E-state index < -0.39 is 0 Å². The molecule has 0 radical (unpaired) electrons. The van der Waals surface area contributed by atoms with Gasteiger partial charge in [0.05, 0.1) is 7.11 Å². The number of hydrogen-bond donors (Lipinski definition) is 3. The molecule has 1 aliphatic heterocycles. The molecule has 4 rings (SSSR count). The number of amides is 2. The Morgan fingerprint density at radius 2 is 1.48 bits per heavy atom. The fraction of sp³-hybridized carbons (Fsp3) is 0.472. The van der Waals surface area contributed by atoms with Crippen LogP contribution in [-0.2, 0) is 30.2 Å². The van der Waals surface area contributed by atoms with Crippen LogP contribution in [0.2, 0.25) is 0 Å². The molecular weight excluding hydrogens is 522 g/mol. The van der Waals surface area contributed by atoms with Gasteiger partial charge in [0, 0.05) is 31.4 Å². The van der Waals surface area contributed by atoms with Crippen LogP contribution in [0.5, 0.6) is 11.5 Å². The van der Waals surface area contributed by atoms with Crippen molar-refractivity contribution in [3.8, 4) is 11.5 Å². The Bertz CT molecular complexity index is 1310. The summed E-state index contributed by atoms with van der Waals surface area (Å²) in [5.41, 5.74) is 6.04. The first kappa shape index (κ1) is 31.4. The predicted molar refractivity (Wildman–Crippen MR) is 173 cm³/mol. The molecule has 1 fully saturated rings. The molecule has 0 atom stereocenters. The Kier molecular flexibility index (Phi) is 9.88. The second-order valence-corrected chi connectivity index (χ2v) is 13.7. The van der Waals surface area contributed by atoms with Crippen molar-refractivity contribution in [2.75, 3.05) is 25.5 Å². The highest BCUT2D eigenvalue weighted by molar-refractivity contribution is 5.90. The number of aryl methyl sites for hydroxylation is 2. The Morgan fingerprint density at radius 3 is 2.05 bits per heavy atom. The third kappa shape index (κ3) is 8.28. The summed E-state index contributed by atoms with van der Waals surface area (Å²) < 4.78 is 5.26. The predicted octanol–water partition coefficient (Wildman–Crippen LogP) is 7.57. The van der Waals surface area contributed by atoms with E-state index in [0.717, 1.165) is 73.4 Å². The van der Waals surface area contributed by atoms with Crippen LogP contribution in [0.25, 0.3) is 0 Å². The number of hydrogen-bond acceptors (Lipinski definition) is 4. The smallest absolute Gasteiger partial charge is 0.319 e. The number of phenols is 1. The van der Waals surface area contributed by atoms with Gasteiger partial charge in [-0.15, -0.1) is 0 Å². The van der Waals surface area contributed by atoms with Gasteiger partial charge in [0.1, 0.15) is 11.5 Å². The van der Waals surface area contributed by atoms with E-state index in [4.69, 9.17) is 4.74 Å². The number of aromatic hydroxyl groups is 1. The van der Waals surface area contributed by atoms with Crippen LogP contribution in [0.15, 0.2) is 60.7 Å². The van der Waals surface area contributed by atoms with E-state index in [1.54, 1.807) is 7.11 Å². The fourth-order valence-electron chi connectivity index (χ4n) is 5.69. The topological polar surface area (TPSA) is 73.8 Å². The summed E-state index contributed by atoms with van der Waals surface area (Å²) in [7, 11) is 1.68. The summed E-state index contributed by atoms with van der Waals surface area (Å²) in [5, 5.41) is 17.4. The summed E-state index contributed by atoms with van der Waals surface area (Å²) in [5.74, 6) is 1.28. The molecule has 2 amide bonds. The summed E-state index contributed by atoms with van der Waals surface area (Å²) in [6.07, 6.45) is 3.47. The Morgan fingerprint density at radius 1 is 0.881 bits per heavy atom. The van der Waals surface area contributed by atoms with E-state index in [0.29, 0.717) is 5.75 Å². The lowest BCUT2D eigenvalue weighted by Gasteiger charge is -2.32. The number of ether oxygens (including phenoxy) is 1. The van der Waals surface area contributed by atoms with Crippen LogP contribution in [0.4, 0.5) is 10.5 Å². The van der Waals surface area contributed by atoms with Crippen LogP contribution in [0.1, 0.15) is 82.2 Å². The van der Waals surface area contributed by atoms with Gasteiger partial charge in [-0.3, -0.25) is 4.90 Å². The number of carbonyl (C=O) groups excluding carboxylic acids is 1. The third-order valence-corrected chi connectivity index (χ3v) is 8.22. The third-order valence-electron chi connectivity index (χ3n) is 8.22. The first-order valence-corrected chi connectivity index (χ1v) is 15.2. The molecule has 1 saturated heterocycles. The van der Waals surface area contributed by atoms with Crippen molar-refractivity contribution >= 4 is 11.7 Å². The van der Waals surface area contributed by atoms with Crippen LogP contribution in [-0.4, -0.2) is 42.3 Å². The van der Waals surface area contributed by atoms with Gasteiger partial charge < -0.3 is 20.5 Å². The van der Waals surface area contributed by atoms with Crippen molar-refractivity contribution in [2.24, 2.45) is 0 Å². The lowest BCUT2D eigenvalue weighted by molar-refractivity contribution is 0.190. The zero-order chi connectivity index (χ0) is 30.5. The Balaban J connectivity index is 1.34. The highest BCUT2D eigenvalue weighted by Gasteiger charge is 2.27. The van der Waals surface area contributed by atoms with Crippen LogP contribution < -0.4 is 15.4 Å². The van der Waals surface area contributed by atoms with Gasteiger partial charge in [-0.05, 0) is 82.5 Å². The lowest BCUT2D eigenvalue weighted by atomic mass is 9.78. The molecule has 0 bridgehead atoms. The van der Waals surface area contributed by atoms with E-state index in [1.165, 1.54) is 11.1 Å².